The summed E-state index contributed by atoms with van der Waals surface area (Å²) in [6.07, 6.45) is 0.836. The van der Waals surface area contributed by atoms with E-state index in [1.165, 1.54) is 0 Å². The zero-order chi connectivity index (χ0) is 8.43. The summed E-state index contributed by atoms with van der Waals surface area (Å²) in [5, 5.41) is 4.29. The molecule has 0 bridgehead atoms. The van der Waals surface area contributed by atoms with Crippen LogP contribution in [0.3, 0.4) is 0 Å². The van der Waals surface area contributed by atoms with Gasteiger partial charge in [0.2, 0.25) is 0 Å². The lowest BCUT2D eigenvalue weighted by atomic mass is 10.3. The van der Waals surface area contributed by atoms with E-state index >= 15 is 0 Å². The Kier molecular flexibility index (Phi) is 2.67. The first-order valence-electron chi connectivity index (χ1n) is 3.55. The highest BCUT2D eigenvalue weighted by atomic mass is 79.9. The fourth-order valence-electron chi connectivity index (χ4n) is 0.947. The van der Waals surface area contributed by atoms with Crippen molar-refractivity contribution in [1.29, 1.82) is 0 Å². The Balaban J connectivity index is 2.98. The van der Waals surface area contributed by atoms with Crippen LogP contribution in [0.15, 0.2) is 4.47 Å². The molecule has 0 aliphatic heterocycles. The van der Waals surface area contributed by atoms with Crippen LogP contribution < -0.4 is 5.73 Å². The van der Waals surface area contributed by atoms with Gasteiger partial charge in [-0.05, 0) is 29.4 Å². The van der Waals surface area contributed by atoms with E-state index in [-0.39, 0.29) is 0 Å². The van der Waals surface area contributed by atoms with Crippen LogP contribution in [-0.2, 0) is 13.5 Å². The Labute approximate surface area is 74.7 Å². The van der Waals surface area contributed by atoms with E-state index < -0.39 is 0 Å². The van der Waals surface area contributed by atoms with Gasteiger partial charge in [-0.2, -0.15) is 5.10 Å². The summed E-state index contributed by atoms with van der Waals surface area (Å²) in [5.41, 5.74) is 7.61. The third-order valence-electron chi connectivity index (χ3n) is 1.71. The topological polar surface area (TPSA) is 43.8 Å². The minimum Gasteiger partial charge on any atom is -0.330 e. The van der Waals surface area contributed by atoms with Gasteiger partial charge in [0, 0.05) is 19.2 Å². The third kappa shape index (κ3) is 1.62. The molecule has 0 saturated heterocycles. The van der Waals surface area contributed by atoms with Crippen LogP contribution >= 0.6 is 15.9 Å². The number of nitrogens with zero attached hydrogens (tertiary/aromatic N) is 2. The van der Waals surface area contributed by atoms with E-state index in [0.29, 0.717) is 6.54 Å². The molecular formula is C7H12BrN3. The summed E-state index contributed by atoms with van der Waals surface area (Å²) >= 11 is 3.46. The van der Waals surface area contributed by atoms with Crippen molar-refractivity contribution in [2.45, 2.75) is 13.3 Å². The summed E-state index contributed by atoms with van der Waals surface area (Å²) < 4.78 is 2.94. The monoisotopic (exact) mass is 217 g/mol. The molecular weight excluding hydrogens is 206 g/mol. The van der Waals surface area contributed by atoms with Gasteiger partial charge < -0.3 is 5.73 Å². The number of aromatic nitrogens is 2. The van der Waals surface area contributed by atoms with Crippen LogP contribution in [0.25, 0.3) is 0 Å². The van der Waals surface area contributed by atoms with Crippen molar-refractivity contribution in [2.75, 3.05) is 6.54 Å². The predicted molar refractivity (Wildman–Crippen MR) is 48.4 cm³/mol. The summed E-state index contributed by atoms with van der Waals surface area (Å²) in [6.45, 7) is 2.67. The molecule has 1 aromatic rings. The summed E-state index contributed by atoms with van der Waals surface area (Å²) in [4.78, 5) is 0. The smallest absolute Gasteiger partial charge is 0.0781 e. The summed E-state index contributed by atoms with van der Waals surface area (Å²) in [6, 6.07) is 0. The second kappa shape index (κ2) is 3.36. The Morgan fingerprint density at radius 3 is 2.64 bits per heavy atom. The van der Waals surface area contributed by atoms with Gasteiger partial charge in [-0.15, -0.1) is 0 Å². The number of aryl methyl sites for hydroxylation is 1. The molecule has 0 unspecified atom stereocenters. The summed E-state index contributed by atoms with van der Waals surface area (Å²) in [5.74, 6) is 0. The molecule has 2 N–H and O–H groups in total. The minimum absolute atomic E-state index is 0.648. The molecule has 0 saturated carbocycles. The third-order valence-corrected chi connectivity index (χ3v) is 2.74. The van der Waals surface area contributed by atoms with Crippen molar-refractivity contribution in [3.05, 3.63) is 15.9 Å². The SMILES string of the molecule is Cc1c(Br)c(CCN)nn1C. The maximum absolute atomic E-state index is 5.42. The van der Waals surface area contributed by atoms with E-state index in [9.17, 15) is 0 Å². The van der Waals surface area contributed by atoms with Crippen LogP contribution in [0, 0.1) is 6.92 Å². The molecule has 0 amide bonds. The predicted octanol–water partition coefficient (Wildman–Crippen LogP) is 0.992. The minimum atomic E-state index is 0.648. The van der Waals surface area contributed by atoms with Crippen molar-refractivity contribution in [3.8, 4) is 0 Å². The van der Waals surface area contributed by atoms with Crippen LogP contribution in [-0.4, -0.2) is 16.3 Å². The van der Waals surface area contributed by atoms with E-state index in [4.69, 9.17) is 5.73 Å². The van der Waals surface area contributed by atoms with Crippen molar-refractivity contribution in [1.82, 2.24) is 9.78 Å². The maximum Gasteiger partial charge on any atom is 0.0781 e. The fourth-order valence-corrected chi connectivity index (χ4v) is 1.48. The molecule has 1 heterocycles. The molecule has 3 nitrogen and oxygen atoms in total. The zero-order valence-corrected chi connectivity index (χ0v) is 8.35. The van der Waals surface area contributed by atoms with Gasteiger partial charge in [0.1, 0.15) is 0 Å². The van der Waals surface area contributed by atoms with Gasteiger partial charge in [-0.3, -0.25) is 4.68 Å². The molecule has 0 spiro atoms. The molecule has 1 rings (SSSR count). The maximum atomic E-state index is 5.42. The molecule has 62 valence electrons. The first kappa shape index (κ1) is 8.74. The van der Waals surface area contributed by atoms with Gasteiger partial charge in [0.15, 0.2) is 0 Å². The van der Waals surface area contributed by atoms with Gasteiger partial charge in [0.25, 0.3) is 0 Å². The van der Waals surface area contributed by atoms with Gasteiger partial charge in [-0.25, -0.2) is 0 Å². The van der Waals surface area contributed by atoms with Crippen LogP contribution in [0.1, 0.15) is 11.4 Å². The molecule has 11 heavy (non-hydrogen) atoms. The van der Waals surface area contributed by atoms with Crippen molar-refractivity contribution >= 4 is 15.9 Å². The quantitative estimate of drug-likeness (QED) is 0.804. The number of hydrogen-bond acceptors (Lipinski definition) is 2. The molecule has 0 aliphatic carbocycles. The van der Waals surface area contributed by atoms with Gasteiger partial charge >= 0.3 is 0 Å². The van der Waals surface area contributed by atoms with E-state index in [0.717, 1.165) is 22.3 Å². The zero-order valence-electron chi connectivity index (χ0n) is 6.76. The first-order chi connectivity index (χ1) is 5.16. The Morgan fingerprint density at radius 1 is 1.64 bits per heavy atom. The van der Waals surface area contributed by atoms with Crippen LogP contribution in [0.5, 0.6) is 0 Å². The Bertz CT molecular complexity index is 254. The fraction of sp³-hybridized carbons (Fsp3) is 0.571. The molecule has 0 radical (unpaired) electrons. The molecule has 0 aromatic carbocycles. The number of halogens is 1. The largest absolute Gasteiger partial charge is 0.330 e. The van der Waals surface area contributed by atoms with Crippen molar-refractivity contribution in [2.24, 2.45) is 12.8 Å². The highest BCUT2D eigenvalue weighted by Crippen LogP contribution is 2.19. The molecule has 4 heteroatoms. The second-order valence-corrected chi connectivity index (χ2v) is 3.30. The molecule has 0 fully saturated rings. The lowest BCUT2D eigenvalue weighted by molar-refractivity contribution is 0.718. The molecule has 1 aromatic heterocycles. The lowest BCUT2D eigenvalue weighted by Gasteiger charge is -1.90. The lowest BCUT2D eigenvalue weighted by Crippen LogP contribution is -2.04. The van der Waals surface area contributed by atoms with Gasteiger partial charge in [0.05, 0.1) is 10.2 Å². The second-order valence-electron chi connectivity index (χ2n) is 2.51. The van der Waals surface area contributed by atoms with Gasteiger partial charge in [-0.1, -0.05) is 0 Å². The van der Waals surface area contributed by atoms with Crippen molar-refractivity contribution < 1.29 is 0 Å². The average molecular weight is 218 g/mol. The Hall–Kier alpha value is -0.350. The molecule has 0 aliphatic rings. The highest BCUT2D eigenvalue weighted by molar-refractivity contribution is 9.10. The average Bonchev–Trinajstić information content (AvgIpc) is 2.19. The van der Waals surface area contributed by atoms with Crippen LogP contribution in [0.4, 0.5) is 0 Å². The van der Waals surface area contributed by atoms with Crippen LogP contribution in [0.2, 0.25) is 0 Å². The van der Waals surface area contributed by atoms with E-state index in [1.807, 2.05) is 18.7 Å². The number of rotatable bonds is 2. The van der Waals surface area contributed by atoms with E-state index in [1.54, 1.807) is 0 Å². The first-order valence-corrected chi connectivity index (χ1v) is 4.34. The van der Waals surface area contributed by atoms with E-state index in [2.05, 4.69) is 21.0 Å². The number of nitrogens with two attached hydrogens (primary N) is 1. The van der Waals surface area contributed by atoms with Crippen molar-refractivity contribution in [3.63, 3.8) is 0 Å². The normalized spacial score (nSPS) is 10.5. The Morgan fingerprint density at radius 2 is 2.27 bits per heavy atom. The highest BCUT2D eigenvalue weighted by Gasteiger charge is 2.07. The molecule has 0 atom stereocenters. The standard InChI is InChI=1S/C7H12BrN3/c1-5-7(8)6(3-4-9)10-11(5)2/h3-4,9H2,1-2H3. The number of hydrogen-bond donors (Lipinski definition) is 1. The summed E-state index contributed by atoms with van der Waals surface area (Å²) in [7, 11) is 1.93.